The second-order valence-corrected chi connectivity index (χ2v) is 7.27. The number of phenols is 1. The summed E-state index contributed by atoms with van der Waals surface area (Å²) in [6, 6.07) is 8.27. The number of nitrogens with zero attached hydrogens (tertiary/aromatic N) is 2. The largest absolute Gasteiger partial charge is 0.501 e. The SMILES string of the molecule is CCc1ccc(N2C(=O)NC(=O)/C(=C/c3cc(I)c(O)c([N+](=O)[O-])c3)C2=O)cc1. The zero-order chi connectivity index (χ0) is 21.3. The summed E-state index contributed by atoms with van der Waals surface area (Å²) in [5.41, 5.74) is 0.536. The predicted molar refractivity (Wildman–Crippen MR) is 112 cm³/mol. The minimum absolute atomic E-state index is 0.160. The first-order chi connectivity index (χ1) is 13.7. The van der Waals surface area contributed by atoms with Crippen LogP contribution in [0.3, 0.4) is 0 Å². The Morgan fingerprint density at radius 2 is 1.86 bits per heavy atom. The van der Waals surface area contributed by atoms with Gasteiger partial charge in [0.1, 0.15) is 5.57 Å². The number of benzene rings is 2. The summed E-state index contributed by atoms with van der Waals surface area (Å²) in [4.78, 5) is 48.5. The molecule has 0 aromatic heterocycles. The topological polar surface area (TPSA) is 130 Å². The molecular weight excluding hydrogens is 493 g/mol. The summed E-state index contributed by atoms with van der Waals surface area (Å²) in [6.07, 6.45) is 1.93. The second-order valence-electron chi connectivity index (χ2n) is 6.11. The Labute approximate surface area is 178 Å². The van der Waals surface area contributed by atoms with Crippen molar-refractivity contribution >= 4 is 57.9 Å². The Bertz CT molecular complexity index is 1080. The summed E-state index contributed by atoms with van der Waals surface area (Å²) in [7, 11) is 0. The number of hydrogen-bond donors (Lipinski definition) is 2. The number of amides is 4. The van der Waals surface area contributed by atoms with Gasteiger partial charge in [0.2, 0.25) is 5.75 Å². The van der Waals surface area contributed by atoms with Gasteiger partial charge in [0.05, 0.1) is 14.2 Å². The van der Waals surface area contributed by atoms with E-state index >= 15 is 0 Å². The average molecular weight is 507 g/mol. The number of nitro groups is 1. The number of nitro benzene ring substituents is 1. The number of urea groups is 1. The number of hydrogen-bond acceptors (Lipinski definition) is 6. The van der Waals surface area contributed by atoms with Gasteiger partial charge in [-0.3, -0.25) is 25.0 Å². The molecule has 2 N–H and O–H groups in total. The highest BCUT2D eigenvalue weighted by molar-refractivity contribution is 14.1. The van der Waals surface area contributed by atoms with E-state index in [0.29, 0.717) is 0 Å². The zero-order valence-electron chi connectivity index (χ0n) is 15.0. The molecule has 0 saturated carbocycles. The molecule has 3 rings (SSSR count). The molecule has 0 radical (unpaired) electrons. The smallest absolute Gasteiger partial charge is 0.335 e. The number of imide groups is 2. The number of barbiturate groups is 1. The standard InChI is InChI=1S/C19H14IN3O6/c1-2-10-3-5-12(6-4-10)22-18(26)13(17(25)21-19(22)27)7-11-8-14(20)16(24)15(9-11)23(28)29/h3-9,24H,2H2,1H3,(H,21,25,27)/b13-7-. The molecule has 2 aromatic carbocycles. The van der Waals surface area contributed by atoms with Crippen LogP contribution in [0, 0.1) is 13.7 Å². The third-order valence-corrected chi connectivity index (χ3v) is 5.10. The first-order valence-electron chi connectivity index (χ1n) is 8.40. The molecule has 148 valence electrons. The lowest BCUT2D eigenvalue weighted by atomic mass is 10.1. The monoisotopic (exact) mass is 507 g/mol. The lowest BCUT2D eigenvalue weighted by molar-refractivity contribution is -0.386. The van der Waals surface area contributed by atoms with Gasteiger partial charge in [0, 0.05) is 6.07 Å². The van der Waals surface area contributed by atoms with Crippen molar-refractivity contribution < 1.29 is 24.4 Å². The molecule has 0 atom stereocenters. The molecule has 0 unspecified atom stereocenters. The summed E-state index contributed by atoms with van der Waals surface area (Å²) < 4.78 is 0.176. The van der Waals surface area contributed by atoms with E-state index < -0.39 is 34.2 Å². The third-order valence-electron chi connectivity index (χ3n) is 4.28. The first-order valence-corrected chi connectivity index (χ1v) is 9.48. The van der Waals surface area contributed by atoms with E-state index in [1.807, 2.05) is 6.92 Å². The quantitative estimate of drug-likeness (QED) is 0.215. The van der Waals surface area contributed by atoms with Gasteiger partial charge in [-0.25, -0.2) is 9.69 Å². The van der Waals surface area contributed by atoms with E-state index in [1.54, 1.807) is 46.9 Å². The number of nitrogens with one attached hydrogen (secondary N) is 1. The van der Waals surface area contributed by atoms with E-state index in [2.05, 4.69) is 5.32 Å². The van der Waals surface area contributed by atoms with Crippen molar-refractivity contribution in [2.75, 3.05) is 4.90 Å². The molecule has 1 saturated heterocycles. The molecule has 29 heavy (non-hydrogen) atoms. The van der Waals surface area contributed by atoms with Gasteiger partial charge in [-0.05, 0) is 64.4 Å². The molecular formula is C19H14IN3O6. The maximum absolute atomic E-state index is 12.9. The molecule has 1 aliphatic heterocycles. The lowest BCUT2D eigenvalue weighted by Crippen LogP contribution is -2.54. The zero-order valence-corrected chi connectivity index (χ0v) is 17.2. The average Bonchev–Trinajstić information content (AvgIpc) is 2.67. The van der Waals surface area contributed by atoms with Gasteiger partial charge in [-0.1, -0.05) is 19.1 Å². The molecule has 0 spiro atoms. The van der Waals surface area contributed by atoms with Crippen LogP contribution in [0.25, 0.3) is 6.08 Å². The fourth-order valence-electron chi connectivity index (χ4n) is 2.77. The summed E-state index contributed by atoms with van der Waals surface area (Å²) in [6.45, 7) is 1.96. The molecule has 2 aromatic rings. The van der Waals surface area contributed by atoms with Gasteiger partial charge in [0.15, 0.2) is 0 Å². The van der Waals surface area contributed by atoms with Crippen LogP contribution >= 0.6 is 22.6 Å². The minimum atomic E-state index is -0.910. The number of halogens is 1. The number of carbonyl (C=O) groups is 3. The van der Waals surface area contributed by atoms with Gasteiger partial charge in [0.25, 0.3) is 11.8 Å². The van der Waals surface area contributed by atoms with E-state index in [-0.39, 0.29) is 20.4 Å². The van der Waals surface area contributed by atoms with Gasteiger partial charge in [-0.2, -0.15) is 0 Å². The lowest BCUT2D eigenvalue weighted by Gasteiger charge is -2.26. The number of anilines is 1. The maximum atomic E-state index is 12.9. The summed E-state index contributed by atoms with van der Waals surface area (Å²) in [5.74, 6) is -2.27. The molecule has 1 heterocycles. The Hall–Kier alpha value is -3.28. The van der Waals surface area contributed by atoms with Crippen LogP contribution in [0.2, 0.25) is 0 Å². The van der Waals surface area contributed by atoms with Crippen molar-refractivity contribution in [2.24, 2.45) is 0 Å². The number of aromatic hydroxyl groups is 1. The first kappa shape index (κ1) is 20.5. The van der Waals surface area contributed by atoms with E-state index in [4.69, 9.17) is 0 Å². The molecule has 10 heteroatoms. The van der Waals surface area contributed by atoms with Crippen LogP contribution in [0.5, 0.6) is 5.75 Å². The van der Waals surface area contributed by atoms with Crippen molar-refractivity contribution in [1.82, 2.24) is 5.32 Å². The highest BCUT2D eigenvalue weighted by atomic mass is 127. The molecule has 0 aliphatic carbocycles. The fourth-order valence-corrected chi connectivity index (χ4v) is 3.40. The van der Waals surface area contributed by atoms with E-state index in [0.717, 1.165) is 29.0 Å². The number of carbonyl (C=O) groups excluding carboxylic acids is 3. The number of rotatable bonds is 4. The Morgan fingerprint density at radius 3 is 2.45 bits per heavy atom. The molecule has 1 aliphatic rings. The Kier molecular flexibility index (Phi) is 5.64. The number of phenolic OH excluding ortho intramolecular Hbond substituents is 1. The van der Waals surface area contributed by atoms with Crippen molar-refractivity contribution in [2.45, 2.75) is 13.3 Å². The van der Waals surface area contributed by atoms with Crippen LogP contribution in [-0.2, 0) is 16.0 Å². The van der Waals surface area contributed by atoms with Crippen molar-refractivity contribution in [3.05, 3.63) is 66.8 Å². The maximum Gasteiger partial charge on any atom is 0.335 e. The van der Waals surface area contributed by atoms with Crippen molar-refractivity contribution in [3.63, 3.8) is 0 Å². The molecule has 9 nitrogen and oxygen atoms in total. The molecule has 4 amide bonds. The minimum Gasteiger partial charge on any atom is -0.501 e. The fraction of sp³-hybridized carbons (Fsp3) is 0.105. The molecule has 1 fully saturated rings. The van der Waals surface area contributed by atoms with Crippen LogP contribution in [0.4, 0.5) is 16.2 Å². The van der Waals surface area contributed by atoms with Crippen LogP contribution < -0.4 is 10.2 Å². The normalized spacial score (nSPS) is 15.6. The van der Waals surface area contributed by atoms with Crippen LogP contribution in [0.15, 0.2) is 42.0 Å². The summed E-state index contributed by atoms with van der Waals surface area (Å²) in [5, 5.41) is 23.0. The van der Waals surface area contributed by atoms with Crippen molar-refractivity contribution in [1.29, 1.82) is 0 Å². The van der Waals surface area contributed by atoms with E-state index in [1.165, 1.54) is 6.07 Å². The Morgan fingerprint density at radius 1 is 1.21 bits per heavy atom. The predicted octanol–water partition coefficient (Wildman–Crippen LogP) is 3.13. The number of aryl methyl sites for hydroxylation is 1. The van der Waals surface area contributed by atoms with Gasteiger partial charge < -0.3 is 5.11 Å². The van der Waals surface area contributed by atoms with Gasteiger partial charge >= 0.3 is 11.7 Å². The second kappa shape index (κ2) is 7.99. The third kappa shape index (κ3) is 3.97. The van der Waals surface area contributed by atoms with Gasteiger partial charge in [-0.15, -0.1) is 0 Å². The summed E-state index contributed by atoms with van der Waals surface area (Å²) >= 11 is 1.70. The van der Waals surface area contributed by atoms with Crippen LogP contribution in [0.1, 0.15) is 18.1 Å². The highest BCUT2D eigenvalue weighted by Crippen LogP contribution is 2.33. The van der Waals surface area contributed by atoms with Crippen molar-refractivity contribution in [3.8, 4) is 5.75 Å². The highest BCUT2D eigenvalue weighted by Gasteiger charge is 2.37. The molecule has 0 bridgehead atoms. The van der Waals surface area contributed by atoms with Crippen LogP contribution in [-0.4, -0.2) is 27.9 Å². The van der Waals surface area contributed by atoms with E-state index in [9.17, 15) is 29.6 Å². The Balaban J connectivity index is 2.04.